The molecule has 3 rings (SSSR count). The van der Waals surface area contributed by atoms with E-state index >= 15 is 0 Å². The van der Waals surface area contributed by atoms with Crippen LogP contribution in [0.4, 0.5) is 5.69 Å². The van der Waals surface area contributed by atoms with Crippen molar-refractivity contribution in [3.63, 3.8) is 0 Å². The van der Waals surface area contributed by atoms with Gasteiger partial charge in [-0.05, 0) is 24.3 Å². The Balaban J connectivity index is 2.17. The zero-order valence-corrected chi connectivity index (χ0v) is 13.2. The maximum absolute atomic E-state index is 6.33. The Labute approximate surface area is 134 Å². The van der Waals surface area contributed by atoms with Crippen molar-refractivity contribution in [2.45, 2.75) is 6.10 Å². The number of para-hydroxylation sites is 1. The predicted octanol–water partition coefficient (Wildman–Crippen LogP) is 3.82. The number of likely N-dealkylation sites (N-methyl/N-ethyl adjacent to an activating group) is 1. The Morgan fingerprint density at radius 3 is 2.81 bits per heavy atom. The Bertz CT molecular complexity index is 675. The minimum Gasteiger partial charge on any atom is -0.484 e. The summed E-state index contributed by atoms with van der Waals surface area (Å²) in [6.45, 7) is 1.25. The molecule has 0 saturated carbocycles. The van der Waals surface area contributed by atoms with Crippen molar-refractivity contribution in [3.05, 3.63) is 46.4 Å². The Morgan fingerprint density at radius 1 is 1.24 bits per heavy atom. The number of nitrogens with two attached hydrogens (primary N) is 1. The highest BCUT2D eigenvalue weighted by Crippen LogP contribution is 2.43. The van der Waals surface area contributed by atoms with Gasteiger partial charge in [-0.2, -0.15) is 0 Å². The van der Waals surface area contributed by atoms with Crippen LogP contribution < -0.4 is 15.4 Å². The number of benzene rings is 2. The lowest BCUT2D eigenvalue weighted by molar-refractivity contribution is 0.205. The molecule has 0 unspecified atom stereocenters. The van der Waals surface area contributed by atoms with Crippen LogP contribution in [-0.4, -0.2) is 26.2 Å². The van der Waals surface area contributed by atoms with Crippen molar-refractivity contribution < 1.29 is 4.74 Å². The van der Waals surface area contributed by atoms with Crippen LogP contribution in [0.1, 0.15) is 0 Å². The number of ether oxygens (including phenoxy) is 1. The summed E-state index contributed by atoms with van der Waals surface area (Å²) < 4.78 is 6.06. The molecule has 0 saturated heterocycles. The molecule has 0 bridgehead atoms. The van der Waals surface area contributed by atoms with Crippen molar-refractivity contribution in [1.29, 1.82) is 0 Å². The number of fused-ring (bicyclic) bond motifs is 1. The van der Waals surface area contributed by atoms with Crippen molar-refractivity contribution in [2.24, 2.45) is 5.73 Å². The van der Waals surface area contributed by atoms with Crippen LogP contribution in [0.2, 0.25) is 10.0 Å². The molecule has 3 nitrogen and oxygen atoms in total. The van der Waals surface area contributed by atoms with Gasteiger partial charge in [-0.1, -0.05) is 35.3 Å². The van der Waals surface area contributed by atoms with Gasteiger partial charge in [0.1, 0.15) is 6.10 Å². The van der Waals surface area contributed by atoms with E-state index in [0.717, 1.165) is 29.1 Å². The summed E-state index contributed by atoms with van der Waals surface area (Å²) in [5.74, 6) is 0.811. The van der Waals surface area contributed by atoms with E-state index in [1.54, 1.807) is 12.1 Å². The molecule has 2 aromatic rings. The lowest BCUT2D eigenvalue weighted by Gasteiger charge is -2.34. The highest BCUT2D eigenvalue weighted by Gasteiger charge is 2.25. The van der Waals surface area contributed by atoms with Crippen LogP contribution in [0.5, 0.6) is 5.75 Å². The first-order chi connectivity index (χ1) is 10.1. The molecule has 2 aromatic carbocycles. The summed E-state index contributed by atoms with van der Waals surface area (Å²) in [4.78, 5) is 2.15. The van der Waals surface area contributed by atoms with Crippen LogP contribution in [0.15, 0.2) is 36.4 Å². The number of hydrogen-bond donors (Lipinski definition) is 1. The molecule has 0 spiro atoms. The maximum Gasteiger partial charge on any atom is 0.151 e. The van der Waals surface area contributed by atoms with E-state index in [9.17, 15) is 0 Å². The van der Waals surface area contributed by atoms with E-state index in [-0.39, 0.29) is 6.10 Å². The van der Waals surface area contributed by atoms with Gasteiger partial charge in [0.05, 0.1) is 12.2 Å². The van der Waals surface area contributed by atoms with Gasteiger partial charge in [0.15, 0.2) is 5.75 Å². The molecule has 110 valence electrons. The monoisotopic (exact) mass is 322 g/mol. The second kappa shape index (κ2) is 5.76. The summed E-state index contributed by atoms with van der Waals surface area (Å²) in [5, 5.41) is 1.29. The fourth-order valence-electron chi connectivity index (χ4n) is 2.60. The first kappa shape index (κ1) is 14.5. The lowest BCUT2D eigenvalue weighted by atomic mass is 10.0. The fraction of sp³-hybridized carbons (Fsp3) is 0.250. The van der Waals surface area contributed by atoms with Gasteiger partial charge in [0, 0.05) is 34.8 Å². The zero-order chi connectivity index (χ0) is 15.0. The predicted molar refractivity (Wildman–Crippen MR) is 88.6 cm³/mol. The van der Waals surface area contributed by atoms with Crippen LogP contribution in [0.25, 0.3) is 11.1 Å². The highest BCUT2D eigenvalue weighted by atomic mass is 35.5. The first-order valence-electron chi connectivity index (χ1n) is 6.76. The Hall–Kier alpha value is -1.42. The van der Waals surface area contributed by atoms with Crippen LogP contribution in [0.3, 0.4) is 0 Å². The van der Waals surface area contributed by atoms with Gasteiger partial charge >= 0.3 is 0 Å². The Kier molecular flexibility index (Phi) is 3.98. The van der Waals surface area contributed by atoms with Gasteiger partial charge in [-0.15, -0.1) is 0 Å². The third-order valence-electron chi connectivity index (χ3n) is 3.65. The molecular formula is C16H16Cl2N2O. The molecule has 2 N–H and O–H groups in total. The van der Waals surface area contributed by atoms with Gasteiger partial charge in [-0.25, -0.2) is 0 Å². The number of halogens is 2. The summed E-state index contributed by atoms with van der Waals surface area (Å²) in [6, 6.07) is 11.4. The van der Waals surface area contributed by atoms with E-state index in [1.807, 2.05) is 31.3 Å². The number of hydrogen-bond acceptors (Lipinski definition) is 3. The van der Waals surface area contributed by atoms with Crippen molar-refractivity contribution in [1.82, 2.24) is 0 Å². The minimum absolute atomic E-state index is 0.0263. The van der Waals surface area contributed by atoms with E-state index in [0.29, 0.717) is 16.6 Å². The quantitative estimate of drug-likeness (QED) is 0.913. The molecule has 0 aromatic heterocycles. The highest BCUT2D eigenvalue weighted by molar-refractivity contribution is 6.35. The summed E-state index contributed by atoms with van der Waals surface area (Å²) in [5.41, 5.74) is 8.60. The van der Waals surface area contributed by atoms with Gasteiger partial charge in [0.2, 0.25) is 0 Å². The number of rotatable bonds is 2. The number of anilines is 1. The van der Waals surface area contributed by atoms with Crippen LogP contribution in [0, 0.1) is 0 Å². The van der Waals surface area contributed by atoms with Crippen molar-refractivity contribution >= 4 is 28.9 Å². The third kappa shape index (κ3) is 2.69. The Morgan fingerprint density at radius 2 is 2.05 bits per heavy atom. The largest absolute Gasteiger partial charge is 0.484 e. The smallest absolute Gasteiger partial charge is 0.151 e. The summed E-state index contributed by atoms with van der Waals surface area (Å²) in [6.07, 6.45) is -0.0263. The molecule has 1 aliphatic rings. The fourth-order valence-corrected chi connectivity index (χ4v) is 2.99. The molecule has 5 heteroatoms. The van der Waals surface area contributed by atoms with E-state index in [2.05, 4.69) is 4.90 Å². The molecule has 0 aliphatic carbocycles. The summed E-state index contributed by atoms with van der Waals surface area (Å²) >= 11 is 12.4. The second-order valence-electron chi connectivity index (χ2n) is 5.13. The minimum atomic E-state index is -0.0263. The molecule has 1 heterocycles. The topological polar surface area (TPSA) is 38.5 Å². The molecule has 0 radical (unpaired) electrons. The SMILES string of the molecule is CN1C[C@@H](CN)Oc2c(-c3cc(Cl)ccc3Cl)cccc21. The standard InChI is InChI=1S/C16H16Cl2N2O/c1-20-9-11(8-19)21-16-12(3-2-4-15(16)20)13-7-10(17)5-6-14(13)18/h2-7,11H,8-9,19H2,1H3/t11-/m1/s1. The van der Waals surface area contributed by atoms with Gasteiger partial charge < -0.3 is 15.4 Å². The molecule has 1 atom stereocenters. The van der Waals surface area contributed by atoms with Crippen LogP contribution >= 0.6 is 23.2 Å². The van der Waals surface area contributed by atoms with Crippen molar-refractivity contribution in [2.75, 3.05) is 25.0 Å². The molecule has 21 heavy (non-hydrogen) atoms. The van der Waals surface area contributed by atoms with E-state index < -0.39 is 0 Å². The second-order valence-corrected chi connectivity index (χ2v) is 5.98. The van der Waals surface area contributed by atoms with Gasteiger partial charge in [-0.3, -0.25) is 0 Å². The molecule has 0 fully saturated rings. The van der Waals surface area contributed by atoms with Gasteiger partial charge in [0.25, 0.3) is 0 Å². The molecule has 0 amide bonds. The first-order valence-corrected chi connectivity index (χ1v) is 7.52. The average molecular weight is 323 g/mol. The average Bonchev–Trinajstić information content (AvgIpc) is 2.49. The molecule has 1 aliphatic heterocycles. The van der Waals surface area contributed by atoms with Crippen LogP contribution in [-0.2, 0) is 0 Å². The maximum atomic E-state index is 6.33. The number of nitrogens with zero attached hydrogens (tertiary/aromatic N) is 1. The summed E-state index contributed by atoms with van der Waals surface area (Å²) in [7, 11) is 2.04. The van der Waals surface area contributed by atoms with Crippen molar-refractivity contribution in [3.8, 4) is 16.9 Å². The normalized spacial score (nSPS) is 17.3. The van der Waals surface area contributed by atoms with E-state index in [1.165, 1.54) is 0 Å². The lowest BCUT2D eigenvalue weighted by Crippen LogP contribution is -2.42. The zero-order valence-electron chi connectivity index (χ0n) is 11.6. The van der Waals surface area contributed by atoms with E-state index in [4.69, 9.17) is 33.7 Å². The molecular weight excluding hydrogens is 307 g/mol. The third-order valence-corrected chi connectivity index (χ3v) is 4.21.